The van der Waals surface area contributed by atoms with Gasteiger partial charge in [0.2, 0.25) is 0 Å². The number of thioether (sulfide) groups is 1. The Labute approximate surface area is 109 Å². The van der Waals surface area contributed by atoms with Crippen LogP contribution in [0.5, 0.6) is 0 Å². The Hall–Kier alpha value is -1.57. The van der Waals surface area contributed by atoms with Crippen molar-refractivity contribution in [3.63, 3.8) is 0 Å². The van der Waals surface area contributed by atoms with Gasteiger partial charge in [0.05, 0.1) is 14.2 Å². The summed E-state index contributed by atoms with van der Waals surface area (Å²) in [6.45, 7) is 3.36. The van der Waals surface area contributed by atoms with E-state index in [1.807, 2.05) is 0 Å². The van der Waals surface area contributed by atoms with E-state index < -0.39 is 17.3 Å². The number of hydrogen-bond acceptors (Lipinski definition) is 7. The molecule has 2 atom stereocenters. The molecule has 0 spiro atoms. The van der Waals surface area contributed by atoms with E-state index in [2.05, 4.69) is 19.7 Å². The molecule has 0 aliphatic carbocycles. The minimum atomic E-state index is -0.544. The lowest BCUT2D eigenvalue weighted by atomic mass is 10.3. The fourth-order valence-electron chi connectivity index (χ4n) is 1.24. The van der Waals surface area contributed by atoms with Crippen LogP contribution in [0.1, 0.15) is 19.9 Å². The molecular formula is C10H15N3O4S. The van der Waals surface area contributed by atoms with Crippen molar-refractivity contribution in [3.8, 4) is 0 Å². The van der Waals surface area contributed by atoms with Gasteiger partial charge in [0, 0.05) is 0 Å². The first-order valence-corrected chi connectivity index (χ1v) is 6.11. The quantitative estimate of drug-likeness (QED) is 0.575. The predicted octanol–water partition coefficient (Wildman–Crippen LogP) is 0.666. The maximum absolute atomic E-state index is 11.4. The zero-order chi connectivity index (χ0) is 13.7. The molecule has 0 amide bonds. The van der Waals surface area contributed by atoms with Gasteiger partial charge in [0.15, 0.2) is 5.16 Å². The summed E-state index contributed by atoms with van der Waals surface area (Å²) in [4.78, 5) is 22.8. The second-order valence-corrected chi connectivity index (χ2v) is 4.81. The Balaban J connectivity index is 2.83. The fourth-order valence-corrected chi connectivity index (χ4v) is 2.17. The average Bonchev–Trinajstić information content (AvgIpc) is 2.83. The number of nitrogens with zero attached hydrogens (tertiary/aromatic N) is 3. The van der Waals surface area contributed by atoms with Crippen LogP contribution < -0.4 is 0 Å². The van der Waals surface area contributed by atoms with Gasteiger partial charge in [-0.05, 0) is 13.8 Å². The molecule has 1 aromatic heterocycles. The molecule has 0 aliphatic heterocycles. The van der Waals surface area contributed by atoms with E-state index in [1.165, 1.54) is 32.3 Å². The number of hydrogen-bond donors (Lipinski definition) is 0. The normalized spacial score (nSPS) is 13.8. The van der Waals surface area contributed by atoms with Gasteiger partial charge in [-0.3, -0.25) is 9.36 Å². The van der Waals surface area contributed by atoms with Crippen molar-refractivity contribution in [2.75, 3.05) is 14.2 Å². The van der Waals surface area contributed by atoms with E-state index in [0.717, 1.165) is 0 Å². The van der Waals surface area contributed by atoms with Gasteiger partial charge in [-0.25, -0.2) is 4.79 Å². The van der Waals surface area contributed by atoms with E-state index in [-0.39, 0.29) is 5.97 Å². The zero-order valence-corrected chi connectivity index (χ0v) is 11.4. The molecule has 0 saturated heterocycles. The summed E-state index contributed by atoms with van der Waals surface area (Å²) in [6, 6.07) is -0.544. The minimum Gasteiger partial charge on any atom is -0.468 e. The third kappa shape index (κ3) is 3.22. The molecule has 0 aliphatic rings. The molecule has 0 aromatic carbocycles. The van der Waals surface area contributed by atoms with Gasteiger partial charge in [-0.1, -0.05) is 11.8 Å². The van der Waals surface area contributed by atoms with E-state index in [4.69, 9.17) is 0 Å². The zero-order valence-electron chi connectivity index (χ0n) is 10.6. The Kier molecular flexibility index (Phi) is 5.14. The van der Waals surface area contributed by atoms with Crippen LogP contribution in [0.2, 0.25) is 0 Å². The van der Waals surface area contributed by atoms with Crippen LogP contribution in [-0.4, -0.2) is 46.2 Å². The monoisotopic (exact) mass is 273 g/mol. The second-order valence-electron chi connectivity index (χ2n) is 3.50. The van der Waals surface area contributed by atoms with Crippen LogP contribution in [0.15, 0.2) is 11.5 Å². The third-order valence-corrected chi connectivity index (χ3v) is 3.36. The number of carbonyl (C=O) groups is 2. The molecule has 100 valence electrons. The molecule has 0 N–H and O–H groups in total. The van der Waals surface area contributed by atoms with Gasteiger partial charge < -0.3 is 9.47 Å². The molecule has 0 bridgehead atoms. The van der Waals surface area contributed by atoms with Crippen LogP contribution in [0.4, 0.5) is 0 Å². The predicted molar refractivity (Wildman–Crippen MR) is 64.1 cm³/mol. The number of methoxy groups -OCH3 is 2. The lowest BCUT2D eigenvalue weighted by Crippen LogP contribution is -2.20. The van der Waals surface area contributed by atoms with Crippen molar-refractivity contribution in [2.24, 2.45) is 0 Å². The molecule has 1 rings (SSSR count). The molecule has 1 heterocycles. The summed E-state index contributed by atoms with van der Waals surface area (Å²) in [7, 11) is 2.63. The molecule has 7 nitrogen and oxygen atoms in total. The van der Waals surface area contributed by atoms with E-state index in [0.29, 0.717) is 5.16 Å². The first kappa shape index (κ1) is 14.5. The summed E-state index contributed by atoms with van der Waals surface area (Å²) >= 11 is 1.17. The van der Waals surface area contributed by atoms with Crippen LogP contribution in [0, 0.1) is 0 Å². The highest BCUT2D eigenvalue weighted by Crippen LogP contribution is 2.24. The lowest BCUT2D eigenvalue weighted by molar-refractivity contribution is -0.144. The lowest BCUT2D eigenvalue weighted by Gasteiger charge is -2.14. The molecule has 1 aromatic rings. The molecule has 8 heteroatoms. The highest BCUT2D eigenvalue weighted by atomic mass is 32.2. The summed E-state index contributed by atoms with van der Waals surface area (Å²) in [5, 5.41) is 7.64. The van der Waals surface area contributed by atoms with E-state index >= 15 is 0 Å². The van der Waals surface area contributed by atoms with Gasteiger partial charge in [-0.15, -0.1) is 10.2 Å². The number of rotatable bonds is 5. The van der Waals surface area contributed by atoms with E-state index in [9.17, 15) is 9.59 Å². The van der Waals surface area contributed by atoms with E-state index in [1.54, 1.807) is 18.4 Å². The number of aromatic nitrogens is 3. The maximum atomic E-state index is 11.4. The first-order chi connectivity index (χ1) is 8.51. The molecular weight excluding hydrogens is 258 g/mol. The van der Waals surface area contributed by atoms with Crippen molar-refractivity contribution in [1.29, 1.82) is 0 Å². The molecule has 0 fully saturated rings. The highest BCUT2D eigenvalue weighted by molar-refractivity contribution is 8.00. The van der Waals surface area contributed by atoms with Gasteiger partial charge in [0.25, 0.3) is 0 Å². The van der Waals surface area contributed by atoms with Gasteiger partial charge >= 0.3 is 11.9 Å². The molecule has 0 saturated carbocycles. The number of ether oxygens (including phenoxy) is 2. The average molecular weight is 273 g/mol. The summed E-state index contributed by atoms with van der Waals surface area (Å²) in [5.74, 6) is -0.761. The van der Waals surface area contributed by atoms with Crippen molar-refractivity contribution in [1.82, 2.24) is 14.8 Å². The van der Waals surface area contributed by atoms with Crippen LogP contribution in [0.3, 0.4) is 0 Å². The number of carbonyl (C=O) groups excluding carboxylic acids is 2. The molecule has 18 heavy (non-hydrogen) atoms. The first-order valence-electron chi connectivity index (χ1n) is 5.23. The maximum Gasteiger partial charge on any atom is 0.328 e. The molecule has 2 unspecified atom stereocenters. The minimum absolute atomic E-state index is 0.361. The number of esters is 2. The standard InChI is InChI=1S/C10H15N3O4S/c1-6(8(14)16-3)13-5-11-12-10(13)18-7(2)9(15)17-4/h5-7H,1-4H3. The topological polar surface area (TPSA) is 83.3 Å². The van der Waals surface area contributed by atoms with Crippen molar-refractivity contribution >= 4 is 23.7 Å². The second kappa shape index (κ2) is 6.39. The summed E-state index contributed by atoms with van der Waals surface area (Å²) < 4.78 is 10.8. The SMILES string of the molecule is COC(=O)C(C)Sc1nncn1C(C)C(=O)OC. The third-order valence-electron chi connectivity index (χ3n) is 2.32. The highest BCUT2D eigenvalue weighted by Gasteiger charge is 2.23. The smallest absolute Gasteiger partial charge is 0.328 e. The van der Waals surface area contributed by atoms with Crippen LogP contribution >= 0.6 is 11.8 Å². The van der Waals surface area contributed by atoms with Gasteiger partial charge in [0.1, 0.15) is 17.6 Å². The van der Waals surface area contributed by atoms with Crippen molar-refractivity contribution in [3.05, 3.63) is 6.33 Å². The van der Waals surface area contributed by atoms with Crippen LogP contribution in [-0.2, 0) is 19.1 Å². The Morgan fingerprint density at radius 3 is 2.44 bits per heavy atom. The Morgan fingerprint density at radius 1 is 1.28 bits per heavy atom. The van der Waals surface area contributed by atoms with Crippen LogP contribution in [0.25, 0.3) is 0 Å². The van der Waals surface area contributed by atoms with Gasteiger partial charge in [-0.2, -0.15) is 0 Å². The summed E-state index contributed by atoms with van der Waals surface area (Å²) in [5.41, 5.74) is 0. The summed E-state index contributed by atoms with van der Waals surface area (Å²) in [6.07, 6.45) is 1.42. The molecule has 0 radical (unpaired) electrons. The Morgan fingerprint density at radius 2 is 1.89 bits per heavy atom. The fraction of sp³-hybridized carbons (Fsp3) is 0.600. The Bertz CT molecular complexity index is 435. The van der Waals surface area contributed by atoms with Crippen molar-refractivity contribution in [2.45, 2.75) is 30.3 Å². The van der Waals surface area contributed by atoms with Crippen molar-refractivity contribution < 1.29 is 19.1 Å². The largest absolute Gasteiger partial charge is 0.468 e.